The number of benzene rings is 2. The van der Waals surface area contributed by atoms with Gasteiger partial charge >= 0.3 is 0 Å². The van der Waals surface area contributed by atoms with Crippen LogP contribution in [0.3, 0.4) is 0 Å². The van der Waals surface area contributed by atoms with Crippen molar-refractivity contribution in [2.75, 3.05) is 13.1 Å². The zero-order valence-electron chi connectivity index (χ0n) is 14.7. The predicted octanol–water partition coefficient (Wildman–Crippen LogP) is 3.79. The average molecular weight is 490 g/mol. The molecular weight excluding hydrogens is 469 g/mol. The van der Waals surface area contributed by atoms with Crippen molar-refractivity contribution < 1.29 is 13.7 Å². The third-order valence-electron chi connectivity index (χ3n) is 3.58. The molecule has 0 radical (unpaired) electrons. The van der Waals surface area contributed by atoms with E-state index in [2.05, 4.69) is 15.6 Å². The summed E-state index contributed by atoms with van der Waals surface area (Å²) in [5, 5.41) is 16.9. The zero-order valence-corrected chi connectivity index (χ0v) is 17.1. The summed E-state index contributed by atoms with van der Waals surface area (Å²) in [4.78, 5) is 14.7. The Labute approximate surface area is 173 Å². The number of rotatable bonds is 7. The smallest absolute Gasteiger partial charge is 0.269 e. The minimum absolute atomic E-state index is 0. The Morgan fingerprint density at radius 2 is 1.96 bits per heavy atom. The van der Waals surface area contributed by atoms with Gasteiger partial charge < -0.3 is 10.6 Å². The summed E-state index contributed by atoms with van der Waals surface area (Å²) in [6.07, 6.45) is 0.296. The Balaban J connectivity index is 0.00000364. The van der Waals surface area contributed by atoms with E-state index in [-0.39, 0.29) is 41.8 Å². The molecule has 0 bridgehead atoms. The van der Waals surface area contributed by atoms with Gasteiger partial charge in [-0.2, -0.15) is 0 Å². The van der Waals surface area contributed by atoms with E-state index in [1.165, 1.54) is 18.2 Å². The van der Waals surface area contributed by atoms with Crippen molar-refractivity contribution >= 4 is 35.6 Å². The topological polar surface area (TPSA) is 79.6 Å². The Morgan fingerprint density at radius 1 is 1.19 bits per heavy atom. The number of guanidine groups is 1. The van der Waals surface area contributed by atoms with E-state index in [0.717, 1.165) is 12.1 Å². The van der Waals surface area contributed by atoms with Crippen LogP contribution >= 0.6 is 24.0 Å². The second-order valence-electron chi connectivity index (χ2n) is 5.53. The summed E-state index contributed by atoms with van der Waals surface area (Å²) in [5.41, 5.74) is 0.997. The summed E-state index contributed by atoms with van der Waals surface area (Å²) in [5.74, 6) is -0.435. The molecule has 2 aromatic rings. The van der Waals surface area contributed by atoms with Gasteiger partial charge in [0, 0.05) is 25.2 Å². The molecule has 9 heteroatoms. The van der Waals surface area contributed by atoms with E-state index >= 15 is 0 Å². The van der Waals surface area contributed by atoms with Crippen LogP contribution in [0.1, 0.15) is 18.1 Å². The highest BCUT2D eigenvalue weighted by atomic mass is 127. The number of aliphatic imine (C=N–C) groups is 1. The Kier molecular flexibility index (Phi) is 9.62. The van der Waals surface area contributed by atoms with Crippen molar-refractivity contribution in [3.63, 3.8) is 0 Å². The number of non-ortho nitro benzene ring substituents is 1. The zero-order chi connectivity index (χ0) is 18.9. The lowest BCUT2D eigenvalue weighted by molar-refractivity contribution is -0.384. The average Bonchev–Trinajstić information content (AvgIpc) is 2.62. The molecule has 2 rings (SSSR count). The fraction of sp³-hybridized carbons (Fsp3) is 0.278. The largest absolute Gasteiger partial charge is 0.357 e. The first-order valence-electron chi connectivity index (χ1n) is 8.19. The number of nitro benzene ring substituents is 1. The second-order valence-corrected chi connectivity index (χ2v) is 5.53. The summed E-state index contributed by atoms with van der Waals surface area (Å²) in [7, 11) is 0. The van der Waals surface area contributed by atoms with E-state index in [0.29, 0.717) is 31.0 Å². The van der Waals surface area contributed by atoms with Crippen molar-refractivity contribution in [2.45, 2.75) is 19.9 Å². The molecule has 0 spiro atoms. The maximum atomic E-state index is 13.6. The molecule has 0 amide bonds. The second kappa shape index (κ2) is 11.4. The molecule has 0 aliphatic heterocycles. The van der Waals surface area contributed by atoms with Crippen LogP contribution < -0.4 is 10.6 Å². The highest BCUT2D eigenvalue weighted by molar-refractivity contribution is 14.0. The number of nitrogens with zero attached hydrogens (tertiary/aromatic N) is 2. The molecule has 27 heavy (non-hydrogen) atoms. The standard InChI is InChI=1S/C18H20F2N4O2.HI/c1-2-21-18(22-9-8-14-11-15(19)6-7-17(14)20)23-12-13-4-3-5-16(10-13)24(25)26;/h3-7,10-11H,2,8-9,12H2,1H3,(H2,21,22,23);1H. The maximum Gasteiger partial charge on any atom is 0.269 e. The van der Waals surface area contributed by atoms with Crippen LogP contribution in [0.25, 0.3) is 0 Å². The van der Waals surface area contributed by atoms with E-state index in [4.69, 9.17) is 0 Å². The van der Waals surface area contributed by atoms with Gasteiger partial charge in [0.1, 0.15) is 11.6 Å². The molecule has 0 saturated heterocycles. The molecule has 2 N–H and O–H groups in total. The molecule has 0 heterocycles. The highest BCUT2D eigenvalue weighted by Crippen LogP contribution is 2.13. The number of halogens is 3. The molecule has 0 aliphatic rings. The van der Waals surface area contributed by atoms with Gasteiger partial charge in [0.25, 0.3) is 5.69 Å². The molecule has 0 aromatic heterocycles. The first-order chi connectivity index (χ1) is 12.5. The van der Waals surface area contributed by atoms with Crippen molar-refractivity contribution in [3.8, 4) is 0 Å². The molecule has 0 fully saturated rings. The van der Waals surface area contributed by atoms with Crippen molar-refractivity contribution in [1.82, 2.24) is 10.6 Å². The monoisotopic (exact) mass is 490 g/mol. The van der Waals surface area contributed by atoms with Crippen LogP contribution in [-0.2, 0) is 13.0 Å². The normalized spacial score (nSPS) is 10.9. The summed E-state index contributed by atoms with van der Waals surface area (Å²) >= 11 is 0. The lowest BCUT2D eigenvalue weighted by Gasteiger charge is -2.11. The van der Waals surface area contributed by atoms with Gasteiger partial charge in [0.2, 0.25) is 0 Å². The lowest BCUT2D eigenvalue weighted by atomic mass is 10.1. The fourth-order valence-electron chi connectivity index (χ4n) is 2.33. The Morgan fingerprint density at radius 3 is 2.67 bits per heavy atom. The van der Waals surface area contributed by atoms with Gasteiger partial charge in [0.15, 0.2) is 5.96 Å². The van der Waals surface area contributed by atoms with E-state index in [1.54, 1.807) is 12.1 Å². The quantitative estimate of drug-likeness (QED) is 0.204. The van der Waals surface area contributed by atoms with Crippen LogP contribution in [0.5, 0.6) is 0 Å². The number of hydrogen-bond donors (Lipinski definition) is 2. The summed E-state index contributed by atoms with van der Waals surface area (Å²) in [6, 6.07) is 9.60. The Hall–Kier alpha value is -2.30. The SMILES string of the molecule is CCNC(=NCc1cccc([N+](=O)[O-])c1)NCCc1cc(F)ccc1F.I. The summed E-state index contributed by atoms with van der Waals surface area (Å²) < 4.78 is 26.8. The highest BCUT2D eigenvalue weighted by Gasteiger charge is 2.07. The molecule has 6 nitrogen and oxygen atoms in total. The molecule has 0 atom stereocenters. The van der Waals surface area contributed by atoms with Crippen molar-refractivity contribution in [3.05, 3.63) is 75.3 Å². The number of nitrogens with one attached hydrogen (secondary N) is 2. The van der Waals surface area contributed by atoms with Crippen LogP contribution in [-0.4, -0.2) is 24.0 Å². The Bertz CT molecular complexity index is 803. The third-order valence-corrected chi connectivity index (χ3v) is 3.58. The predicted molar refractivity (Wildman–Crippen MR) is 111 cm³/mol. The van der Waals surface area contributed by atoms with Crippen molar-refractivity contribution in [2.24, 2.45) is 4.99 Å². The van der Waals surface area contributed by atoms with Crippen LogP contribution in [0.2, 0.25) is 0 Å². The summed E-state index contributed by atoms with van der Waals surface area (Å²) in [6.45, 7) is 3.14. The first kappa shape index (κ1) is 22.7. The van der Waals surface area contributed by atoms with E-state index in [9.17, 15) is 18.9 Å². The van der Waals surface area contributed by atoms with E-state index in [1.807, 2.05) is 6.92 Å². The van der Waals surface area contributed by atoms with Gasteiger partial charge in [-0.05, 0) is 42.7 Å². The molecule has 2 aromatic carbocycles. The van der Waals surface area contributed by atoms with Crippen LogP contribution in [0, 0.1) is 21.7 Å². The van der Waals surface area contributed by atoms with Gasteiger partial charge in [-0.25, -0.2) is 13.8 Å². The molecule has 0 saturated carbocycles. The maximum absolute atomic E-state index is 13.6. The van der Waals surface area contributed by atoms with Gasteiger partial charge in [-0.1, -0.05) is 12.1 Å². The van der Waals surface area contributed by atoms with Gasteiger partial charge in [-0.3, -0.25) is 10.1 Å². The molecule has 146 valence electrons. The fourth-order valence-corrected chi connectivity index (χ4v) is 2.33. The molecular formula is C18H21F2IN4O2. The van der Waals surface area contributed by atoms with Crippen molar-refractivity contribution in [1.29, 1.82) is 0 Å². The lowest BCUT2D eigenvalue weighted by Crippen LogP contribution is -2.38. The van der Waals surface area contributed by atoms with Gasteiger partial charge in [0.05, 0.1) is 11.5 Å². The molecule has 0 unspecified atom stereocenters. The first-order valence-corrected chi connectivity index (χ1v) is 8.19. The molecule has 0 aliphatic carbocycles. The van der Waals surface area contributed by atoms with Gasteiger partial charge in [-0.15, -0.1) is 24.0 Å². The minimum Gasteiger partial charge on any atom is -0.357 e. The third kappa shape index (κ3) is 7.45. The number of nitro groups is 1. The van der Waals surface area contributed by atoms with E-state index < -0.39 is 16.6 Å². The van der Waals surface area contributed by atoms with Crippen LogP contribution in [0.4, 0.5) is 14.5 Å². The van der Waals surface area contributed by atoms with Crippen LogP contribution in [0.15, 0.2) is 47.5 Å². The number of hydrogen-bond acceptors (Lipinski definition) is 3. The minimum atomic E-state index is -0.479.